The molecule has 2 atom stereocenters. The fourth-order valence-corrected chi connectivity index (χ4v) is 6.50. The third kappa shape index (κ3) is 8.48. The van der Waals surface area contributed by atoms with Gasteiger partial charge >= 0.3 is 0 Å². The molecule has 0 spiro atoms. The molecule has 0 aliphatic heterocycles. The van der Waals surface area contributed by atoms with Gasteiger partial charge in [-0.1, -0.05) is 61.5 Å². The summed E-state index contributed by atoms with van der Waals surface area (Å²) in [4.78, 5) is 0. The van der Waals surface area contributed by atoms with Gasteiger partial charge in [-0.15, -0.1) is 0 Å². The van der Waals surface area contributed by atoms with Gasteiger partial charge in [0.15, 0.2) is 0 Å². The van der Waals surface area contributed by atoms with E-state index in [1.165, 1.54) is 5.56 Å². The summed E-state index contributed by atoms with van der Waals surface area (Å²) >= 11 is 0. The highest BCUT2D eigenvalue weighted by Gasteiger charge is 2.36. The van der Waals surface area contributed by atoms with Crippen molar-refractivity contribution in [1.82, 2.24) is 9.44 Å². The molecule has 0 saturated heterocycles. The Balaban J connectivity index is 1.41. The molecule has 0 heterocycles. The van der Waals surface area contributed by atoms with E-state index < -0.39 is 31.9 Å². The zero-order chi connectivity index (χ0) is 26.2. The van der Waals surface area contributed by atoms with Crippen molar-refractivity contribution in [2.24, 2.45) is 11.8 Å². The standard InChI is InChI=1S/C28H42N2O4S2/c1-22(2)36(33,34)30-21-23(3)26-13-17-28(31,18-14-26)27-11-9-25(10-12-27)15-19-29-35(32)20-16-24-7-5-4-6-8-24/h4-12,22-23,26,29-31H,13-21H2,1-3H3. The molecule has 36 heavy (non-hydrogen) atoms. The van der Waals surface area contributed by atoms with Gasteiger partial charge in [0.2, 0.25) is 10.0 Å². The summed E-state index contributed by atoms with van der Waals surface area (Å²) in [7, 11) is -4.30. The quantitative estimate of drug-likeness (QED) is 0.361. The highest BCUT2D eigenvalue weighted by atomic mass is 32.2. The topological polar surface area (TPSA) is 95.5 Å². The molecule has 2 aromatic rings. The highest BCUT2D eigenvalue weighted by molar-refractivity contribution is 7.90. The van der Waals surface area contributed by atoms with Crippen LogP contribution in [0.1, 0.15) is 63.1 Å². The van der Waals surface area contributed by atoms with E-state index in [1.807, 2.05) is 30.3 Å². The van der Waals surface area contributed by atoms with Crippen LogP contribution in [0, 0.1) is 11.8 Å². The fourth-order valence-electron chi connectivity index (χ4n) is 4.77. The molecule has 1 fully saturated rings. The van der Waals surface area contributed by atoms with Gasteiger partial charge < -0.3 is 5.11 Å². The second kappa shape index (κ2) is 13.3. The average molecular weight is 535 g/mol. The largest absolute Gasteiger partial charge is 0.385 e. The van der Waals surface area contributed by atoms with Crippen LogP contribution in [0.3, 0.4) is 0 Å². The maximum Gasteiger partial charge on any atom is 0.213 e. The second-order valence-corrected chi connectivity index (χ2v) is 14.1. The summed E-state index contributed by atoms with van der Waals surface area (Å²) in [6.07, 6.45) is 4.69. The Morgan fingerprint density at radius 2 is 1.58 bits per heavy atom. The number of sulfonamides is 1. The van der Waals surface area contributed by atoms with Crippen LogP contribution in [0.4, 0.5) is 0 Å². The van der Waals surface area contributed by atoms with Crippen LogP contribution in [0.25, 0.3) is 0 Å². The molecule has 0 amide bonds. The van der Waals surface area contributed by atoms with E-state index in [0.717, 1.165) is 36.8 Å². The first-order valence-corrected chi connectivity index (χ1v) is 15.9. The maximum atomic E-state index is 12.2. The fraction of sp³-hybridized carbons (Fsp3) is 0.571. The molecule has 1 aliphatic carbocycles. The number of aliphatic hydroxyl groups is 1. The summed E-state index contributed by atoms with van der Waals surface area (Å²) in [6.45, 7) is 6.55. The van der Waals surface area contributed by atoms with Crippen LogP contribution >= 0.6 is 0 Å². The Bertz CT molecular complexity index is 1060. The molecule has 200 valence electrons. The van der Waals surface area contributed by atoms with Gasteiger partial charge in [0.1, 0.15) is 0 Å². The SMILES string of the molecule is CC(CNS(=O)(=O)C(C)C)C1CCC(O)(c2ccc(CCNS(=O)CCc3ccccc3)cc2)CC1. The van der Waals surface area contributed by atoms with Gasteiger partial charge in [-0.25, -0.2) is 22.1 Å². The number of nitrogens with one attached hydrogen (secondary N) is 2. The van der Waals surface area contributed by atoms with Crippen molar-refractivity contribution in [3.05, 3.63) is 71.3 Å². The van der Waals surface area contributed by atoms with Crippen molar-refractivity contribution in [3.63, 3.8) is 0 Å². The molecule has 1 saturated carbocycles. The van der Waals surface area contributed by atoms with Crippen molar-refractivity contribution < 1.29 is 17.7 Å². The highest BCUT2D eigenvalue weighted by Crippen LogP contribution is 2.41. The smallest absolute Gasteiger partial charge is 0.213 e. The summed E-state index contributed by atoms with van der Waals surface area (Å²) < 4.78 is 42.2. The number of hydrogen-bond acceptors (Lipinski definition) is 4. The van der Waals surface area contributed by atoms with E-state index >= 15 is 0 Å². The van der Waals surface area contributed by atoms with Crippen LogP contribution in [0.5, 0.6) is 0 Å². The van der Waals surface area contributed by atoms with E-state index in [4.69, 9.17) is 0 Å². The summed E-state index contributed by atoms with van der Waals surface area (Å²) in [5.41, 5.74) is 2.45. The molecule has 1 aliphatic rings. The number of hydrogen-bond donors (Lipinski definition) is 3. The normalized spacial score (nSPS) is 22.4. The van der Waals surface area contributed by atoms with Crippen LogP contribution in [0.15, 0.2) is 54.6 Å². The third-order valence-corrected chi connectivity index (χ3v) is 10.4. The lowest BCUT2D eigenvalue weighted by atomic mass is 9.71. The maximum absolute atomic E-state index is 12.2. The minimum absolute atomic E-state index is 0.233. The number of benzene rings is 2. The second-order valence-electron chi connectivity index (χ2n) is 10.4. The number of rotatable bonds is 13. The molecule has 0 bridgehead atoms. The van der Waals surface area contributed by atoms with Gasteiger partial charge in [0, 0.05) is 18.8 Å². The van der Waals surface area contributed by atoms with E-state index in [1.54, 1.807) is 13.8 Å². The zero-order valence-electron chi connectivity index (χ0n) is 21.8. The lowest BCUT2D eigenvalue weighted by molar-refractivity contribution is -0.0207. The van der Waals surface area contributed by atoms with E-state index in [0.29, 0.717) is 37.6 Å². The van der Waals surface area contributed by atoms with Gasteiger partial charge in [-0.3, -0.25) is 0 Å². The van der Waals surface area contributed by atoms with E-state index in [-0.39, 0.29) is 5.92 Å². The van der Waals surface area contributed by atoms with Gasteiger partial charge in [-0.2, -0.15) is 0 Å². The molecule has 0 radical (unpaired) electrons. The zero-order valence-corrected chi connectivity index (χ0v) is 23.4. The lowest BCUT2D eigenvalue weighted by Crippen LogP contribution is -2.38. The average Bonchev–Trinajstić information content (AvgIpc) is 2.87. The minimum Gasteiger partial charge on any atom is -0.385 e. The van der Waals surface area contributed by atoms with Crippen molar-refractivity contribution in [3.8, 4) is 0 Å². The molecule has 3 N–H and O–H groups in total. The molecule has 6 nitrogen and oxygen atoms in total. The Morgan fingerprint density at radius 3 is 2.19 bits per heavy atom. The molecular weight excluding hydrogens is 492 g/mol. The van der Waals surface area contributed by atoms with Crippen molar-refractivity contribution in [2.75, 3.05) is 18.8 Å². The van der Waals surface area contributed by atoms with Crippen LogP contribution in [-0.2, 0) is 39.5 Å². The summed E-state index contributed by atoms with van der Waals surface area (Å²) in [5, 5.41) is 10.9. The van der Waals surface area contributed by atoms with Gasteiger partial charge in [0.05, 0.1) is 21.8 Å². The first-order valence-electron chi connectivity index (χ1n) is 13.0. The predicted molar refractivity (Wildman–Crippen MR) is 148 cm³/mol. The lowest BCUT2D eigenvalue weighted by Gasteiger charge is -2.38. The van der Waals surface area contributed by atoms with Gasteiger partial charge in [-0.05, 0) is 80.9 Å². The first kappa shape index (κ1) is 29.0. The molecule has 3 rings (SSSR count). The summed E-state index contributed by atoms with van der Waals surface area (Å²) in [5.74, 6) is 1.23. The Kier molecular flexibility index (Phi) is 10.7. The van der Waals surface area contributed by atoms with Crippen LogP contribution in [0.2, 0.25) is 0 Å². The van der Waals surface area contributed by atoms with Crippen LogP contribution < -0.4 is 9.44 Å². The van der Waals surface area contributed by atoms with E-state index in [2.05, 4.69) is 40.6 Å². The van der Waals surface area contributed by atoms with E-state index in [9.17, 15) is 17.7 Å². The summed E-state index contributed by atoms with van der Waals surface area (Å²) in [6, 6.07) is 18.2. The predicted octanol–water partition coefficient (Wildman–Crippen LogP) is 4.07. The molecule has 0 aromatic heterocycles. The van der Waals surface area contributed by atoms with Gasteiger partial charge in [0.25, 0.3) is 0 Å². The minimum atomic E-state index is -3.25. The molecular formula is C28H42N2O4S2. The van der Waals surface area contributed by atoms with Crippen molar-refractivity contribution in [2.45, 2.75) is 70.1 Å². The Hall–Kier alpha value is -1.58. The number of aryl methyl sites for hydroxylation is 1. The third-order valence-electron chi connectivity index (χ3n) is 7.48. The van der Waals surface area contributed by atoms with Crippen molar-refractivity contribution in [1.29, 1.82) is 0 Å². The van der Waals surface area contributed by atoms with Crippen molar-refractivity contribution >= 4 is 21.0 Å². The Morgan fingerprint density at radius 1 is 0.972 bits per heavy atom. The Labute approximate surface area is 219 Å². The molecule has 8 heteroatoms. The molecule has 2 unspecified atom stereocenters. The van der Waals surface area contributed by atoms with Crippen LogP contribution in [-0.4, -0.2) is 41.8 Å². The first-order chi connectivity index (χ1) is 17.1. The molecule has 2 aromatic carbocycles. The monoisotopic (exact) mass is 534 g/mol.